The molecule has 2 aromatic rings. The van der Waals surface area contributed by atoms with E-state index in [1.807, 2.05) is 30.3 Å². The molecular weight excluding hydrogens is 343 g/mol. The molecule has 0 saturated carbocycles. The second-order valence-corrected chi connectivity index (χ2v) is 7.22. The van der Waals surface area contributed by atoms with Gasteiger partial charge >= 0.3 is 0 Å². The van der Waals surface area contributed by atoms with Crippen molar-refractivity contribution in [3.63, 3.8) is 0 Å². The molecule has 1 fully saturated rings. The third-order valence-electron chi connectivity index (χ3n) is 5.35. The van der Waals surface area contributed by atoms with Crippen LogP contribution in [0.5, 0.6) is 11.5 Å². The maximum atomic E-state index is 13.5. The summed E-state index contributed by atoms with van der Waals surface area (Å²) in [6, 6.07) is 12.6. The zero-order valence-corrected chi connectivity index (χ0v) is 15.9. The van der Waals surface area contributed by atoms with Gasteiger partial charge in [-0.15, -0.1) is 0 Å². The first-order chi connectivity index (χ1) is 13.1. The van der Waals surface area contributed by atoms with Gasteiger partial charge in [-0.3, -0.25) is 4.90 Å². The van der Waals surface area contributed by atoms with E-state index in [-0.39, 0.29) is 5.82 Å². The molecule has 0 atom stereocenters. The Morgan fingerprint density at radius 2 is 1.78 bits per heavy atom. The second kappa shape index (κ2) is 7.71. The second-order valence-electron chi connectivity index (χ2n) is 7.22. The lowest BCUT2D eigenvalue weighted by molar-refractivity contribution is 0.160. The fourth-order valence-corrected chi connectivity index (χ4v) is 3.76. The number of piperazine rings is 1. The van der Waals surface area contributed by atoms with Crippen LogP contribution in [0.15, 0.2) is 48.0 Å². The van der Waals surface area contributed by atoms with Crippen molar-refractivity contribution in [1.82, 2.24) is 9.80 Å². The van der Waals surface area contributed by atoms with Crippen molar-refractivity contribution >= 4 is 5.57 Å². The largest absolute Gasteiger partial charge is 0.497 e. The molecule has 2 aliphatic rings. The molecule has 1 saturated heterocycles. The predicted molar refractivity (Wildman–Crippen MR) is 105 cm³/mol. The summed E-state index contributed by atoms with van der Waals surface area (Å²) in [6.07, 6.45) is 0. The number of hydrogen-bond donors (Lipinski definition) is 0. The zero-order chi connectivity index (χ0) is 18.8. The van der Waals surface area contributed by atoms with E-state index in [2.05, 4.69) is 16.8 Å². The molecule has 0 bridgehead atoms. The van der Waals surface area contributed by atoms with Crippen molar-refractivity contribution in [2.75, 3.05) is 53.5 Å². The van der Waals surface area contributed by atoms with Crippen LogP contribution in [0.2, 0.25) is 0 Å². The molecule has 4 nitrogen and oxygen atoms in total. The van der Waals surface area contributed by atoms with Gasteiger partial charge in [-0.25, -0.2) is 4.39 Å². The summed E-state index contributed by atoms with van der Waals surface area (Å²) in [5, 5.41) is 0. The Morgan fingerprint density at radius 1 is 1.04 bits per heavy atom. The van der Waals surface area contributed by atoms with Crippen molar-refractivity contribution in [3.8, 4) is 11.5 Å². The number of methoxy groups -OCH3 is 1. The quantitative estimate of drug-likeness (QED) is 0.827. The molecule has 0 aliphatic carbocycles. The standard InChI is InChI=1S/C22H25FN2O2/c1-24-9-11-25(12-10-24)14-17-15-27-21-8-7-19(26-2)13-20(21)22(17)16-3-5-18(23)6-4-16/h3-8,13H,9-12,14-15H2,1-2H3. The fraction of sp³-hybridized carbons (Fsp3) is 0.364. The van der Waals surface area contributed by atoms with Crippen LogP contribution in [0.1, 0.15) is 11.1 Å². The zero-order valence-electron chi connectivity index (χ0n) is 15.9. The summed E-state index contributed by atoms with van der Waals surface area (Å²) in [5.74, 6) is 1.41. The fourth-order valence-electron chi connectivity index (χ4n) is 3.76. The van der Waals surface area contributed by atoms with Gasteiger partial charge in [0.15, 0.2) is 0 Å². The van der Waals surface area contributed by atoms with E-state index in [0.29, 0.717) is 6.61 Å². The molecule has 5 heteroatoms. The van der Waals surface area contributed by atoms with E-state index in [1.54, 1.807) is 7.11 Å². The molecule has 2 heterocycles. The summed E-state index contributed by atoms with van der Waals surface area (Å²) >= 11 is 0. The number of halogens is 1. The number of hydrogen-bond acceptors (Lipinski definition) is 4. The van der Waals surface area contributed by atoms with Gasteiger partial charge in [0.1, 0.15) is 23.9 Å². The molecule has 142 valence electrons. The number of benzene rings is 2. The summed E-state index contributed by atoms with van der Waals surface area (Å²) in [6.45, 7) is 5.65. The third-order valence-corrected chi connectivity index (χ3v) is 5.35. The highest BCUT2D eigenvalue weighted by Gasteiger charge is 2.25. The van der Waals surface area contributed by atoms with Crippen LogP contribution in [-0.2, 0) is 0 Å². The van der Waals surface area contributed by atoms with Crippen LogP contribution in [-0.4, -0.2) is 63.3 Å². The Kier molecular flexibility index (Phi) is 5.14. The number of likely N-dealkylation sites (N-methyl/N-ethyl adjacent to an activating group) is 1. The Hall–Kier alpha value is -2.37. The molecular formula is C22H25FN2O2. The van der Waals surface area contributed by atoms with Crippen molar-refractivity contribution in [3.05, 3.63) is 65.0 Å². The number of fused-ring (bicyclic) bond motifs is 1. The van der Waals surface area contributed by atoms with Crippen LogP contribution < -0.4 is 9.47 Å². The summed E-state index contributed by atoms with van der Waals surface area (Å²) in [7, 11) is 3.82. The van der Waals surface area contributed by atoms with Crippen LogP contribution in [0.25, 0.3) is 5.57 Å². The van der Waals surface area contributed by atoms with Crippen LogP contribution in [0, 0.1) is 5.82 Å². The van der Waals surface area contributed by atoms with Gasteiger partial charge in [-0.2, -0.15) is 0 Å². The van der Waals surface area contributed by atoms with Gasteiger partial charge in [-0.05, 0) is 54.1 Å². The van der Waals surface area contributed by atoms with Gasteiger partial charge < -0.3 is 14.4 Å². The minimum absolute atomic E-state index is 0.224. The molecule has 0 N–H and O–H groups in total. The van der Waals surface area contributed by atoms with E-state index in [4.69, 9.17) is 9.47 Å². The van der Waals surface area contributed by atoms with Gasteiger partial charge in [0.05, 0.1) is 7.11 Å². The summed E-state index contributed by atoms with van der Waals surface area (Å²) in [4.78, 5) is 4.82. The highest BCUT2D eigenvalue weighted by Crippen LogP contribution is 2.39. The third kappa shape index (κ3) is 3.84. The van der Waals surface area contributed by atoms with E-state index in [9.17, 15) is 4.39 Å². The first kappa shape index (κ1) is 18.0. The summed E-state index contributed by atoms with van der Waals surface area (Å²) in [5.41, 5.74) is 4.38. The molecule has 4 rings (SSSR count). The summed E-state index contributed by atoms with van der Waals surface area (Å²) < 4.78 is 25.0. The van der Waals surface area contributed by atoms with Crippen molar-refractivity contribution < 1.29 is 13.9 Å². The lowest BCUT2D eigenvalue weighted by atomic mass is 9.90. The Morgan fingerprint density at radius 3 is 2.48 bits per heavy atom. The first-order valence-electron chi connectivity index (χ1n) is 9.34. The van der Waals surface area contributed by atoms with E-state index < -0.39 is 0 Å². The SMILES string of the molecule is COc1ccc2c(c1)C(c1ccc(F)cc1)=C(CN1CCN(C)CC1)CO2. The predicted octanol–water partition coefficient (Wildman–Crippen LogP) is 3.28. The average molecular weight is 368 g/mol. The average Bonchev–Trinajstić information content (AvgIpc) is 2.70. The molecule has 0 radical (unpaired) electrons. The Labute approximate surface area is 159 Å². The van der Waals surface area contributed by atoms with Gasteiger partial charge in [-0.1, -0.05) is 12.1 Å². The molecule has 0 aromatic heterocycles. The van der Waals surface area contributed by atoms with Crippen molar-refractivity contribution in [2.24, 2.45) is 0 Å². The Bertz CT molecular complexity index is 840. The number of nitrogens with zero attached hydrogens (tertiary/aromatic N) is 2. The van der Waals surface area contributed by atoms with Gasteiger partial charge in [0, 0.05) is 38.3 Å². The molecule has 0 unspecified atom stereocenters. The normalized spacial score (nSPS) is 18.2. The topological polar surface area (TPSA) is 24.9 Å². The van der Waals surface area contributed by atoms with E-state index >= 15 is 0 Å². The Balaban J connectivity index is 1.75. The van der Waals surface area contributed by atoms with Crippen LogP contribution >= 0.6 is 0 Å². The minimum atomic E-state index is -0.224. The number of rotatable bonds is 4. The molecule has 2 aliphatic heterocycles. The molecule has 27 heavy (non-hydrogen) atoms. The molecule has 0 spiro atoms. The lowest BCUT2D eigenvalue weighted by Gasteiger charge is -2.34. The highest BCUT2D eigenvalue weighted by molar-refractivity contribution is 5.87. The maximum absolute atomic E-state index is 13.5. The minimum Gasteiger partial charge on any atom is -0.497 e. The van der Waals surface area contributed by atoms with Crippen molar-refractivity contribution in [2.45, 2.75) is 0 Å². The number of ether oxygens (including phenoxy) is 2. The monoisotopic (exact) mass is 368 g/mol. The lowest BCUT2D eigenvalue weighted by Crippen LogP contribution is -2.45. The van der Waals surface area contributed by atoms with E-state index in [1.165, 1.54) is 17.7 Å². The van der Waals surface area contributed by atoms with Crippen molar-refractivity contribution in [1.29, 1.82) is 0 Å². The van der Waals surface area contributed by atoms with E-state index in [0.717, 1.165) is 60.9 Å². The molecule has 0 amide bonds. The molecule has 2 aromatic carbocycles. The first-order valence-corrected chi connectivity index (χ1v) is 9.34. The van der Waals surface area contributed by atoms with Crippen LogP contribution in [0.3, 0.4) is 0 Å². The van der Waals surface area contributed by atoms with Gasteiger partial charge in [0.25, 0.3) is 0 Å². The smallest absolute Gasteiger partial charge is 0.127 e. The highest BCUT2D eigenvalue weighted by atomic mass is 19.1. The van der Waals surface area contributed by atoms with Crippen LogP contribution in [0.4, 0.5) is 4.39 Å². The van der Waals surface area contributed by atoms with Gasteiger partial charge in [0.2, 0.25) is 0 Å². The maximum Gasteiger partial charge on any atom is 0.127 e.